The lowest BCUT2D eigenvalue weighted by Gasteiger charge is -2.38. The number of nitrogens with two attached hydrogens (primary N) is 1. The molecule has 5 nitrogen and oxygen atoms in total. The third-order valence-electron chi connectivity index (χ3n) is 4.57. The number of aromatic amines is 1. The summed E-state index contributed by atoms with van der Waals surface area (Å²) in [6, 6.07) is 7.45. The fraction of sp³-hybridized carbons (Fsp3) is 0.412. The van der Waals surface area contributed by atoms with E-state index in [0.717, 1.165) is 30.8 Å². The molecule has 0 radical (unpaired) electrons. The summed E-state index contributed by atoms with van der Waals surface area (Å²) in [5, 5.41) is 0.628. The van der Waals surface area contributed by atoms with Gasteiger partial charge >= 0.3 is 0 Å². The molecule has 1 saturated heterocycles. The van der Waals surface area contributed by atoms with Crippen LogP contribution < -0.4 is 16.2 Å². The van der Waals surface area contributed by atoms with Gasteiger partial charge in [0.2, 0.25) is 5.95 Å². The van der Waals surface area contributed by atoms with Gasteiger partial charge in [-0.15, -0.1) is 0 Å². The fourth-order valence-corrected chi connectivity index (χ4v) is 3.77. The van der Waals surface area contributed by atoms with Gasteiger partial charge < -0.3 is 10.6 Å². The highest BCUT2D eigenvalue weighted by Gasteiger charge is 2.29. The van der Waals surface area contributed by atoms with Crippen molar-refractivity contribution in [3.05, 3.63) is 45.8 Å². The largest absolute Gasteiger partial charge is 0.342 e. The molecule has 0 bridgehead atoms. The van der Waals surface area contributed by atoms with Crippen LogP contribution >= 0.6 is 23.4 Å². The van der Waals surface area contributed by atoms with Crippen molar-refractivity contribution in [2.45, 2.75) is 29.6 Å². The summed E-state index contributed by atoms with van der Waals surface area (Å²) in [6.07, 6.45) is 3.63. The molecular formula is C17H21ClN4OS. The van der Waals surface area contributed by atoms with E-state index in [2.05, 4.69) is 21.8 Å². The summed E-state index contributed by atoms with van der Waals surface area (Å²) < 4.78 is 0. The Kier molecular flexibility index (Phi) is 5.18. The normalized spacial score (nSPS) is 17.0. The van der Waals surface area contributed by atoms with E-state index in [4.69, 9.17) is 17.3 Å². The van der Waals surface area contributed by atoms with Gasteiger partial charge in [0.25, 0.3) is 5.56 Å². The number of hydrogen-bond donors (Lipinski definition) is 2. The van der Waals surface area contributed by atoms with Crippen molar-refractivity contribution in [1.29, 1.82) is 0 Å². The first-order valence-corrected chi connectivity index (χ1v) is 9.17. The molecule has 2 heterocycles. The van der Waals surface area contributed by atoms with E-state index in [1.807, 2.05) is 24.3 Å². The van der Waals surface area contributed by atoms with Gasteiger partial charge in [0, 0.05) is 18.0 Å². The number of benzene rings is 1. The number of nitrogens with one attached hydrogen (secondary N) is 1. The lowest BCUT2D eigenvalue weighted by molar-refractivity contribution is 0.257. The molecule has 24 heavy (non-hydrogen) atoms. The number of halogens is 1. The second kappa shape index (κ2) is 7.17. The molecular weight excluding hydrogens is 344 g/mol. The quantitative estimate of drug-likeness (QED) is 0.871. The Hall–Kier alpha value is -1.50. The van der Waals surface area contributed by atoms with Crippen LogP contribution in [0.4, 0.5) is 5.95 Å². The molecule has 3 rings (SSSR count). The molecule has 1 aliphatic rings. The molecule has 2 aromatic rings. The zero-order valence-electron chi connectivity index (χ0n) is 13.6. The van der Waals surface area contributed by atoms with Gasteiger partial charge in [-0.05, 0) is 36.9 Å². The number of nitrogens with zero attached hydrogens (tertiary/aromatic N) is 2. The van der Waals surface area contributed by atoms with Crippen molar-refractivity contribution in [1.82, 2.24) is 9.97 Å². The van der Waals surface area contributed by atoms with Crippen molar-refractivity contribution in [2.75, 3.05) is 24.5 Å². The maximum atomic E-state index is 12.4. The van der Waals surface area contributed by atoms with Crippen LogP contribution in [0.25, 0.3) is 0 Å². The molecule has 0 atom stereocenters. The second-order valence-corrected chi connectivity index (χ2v) is 7.93. The Labute approximate surface area is 150 Å². The summed E-state index contributed by atoms with van der Waals surface area (Å²) in [4.78, 5) is 23.2. The van der Waals surface area contributed by atoms with Crippen LogP contribution in [0.5, 0.6) is 0 Å². The smallest absolute Gasteiger partial charge is 0.266 e. The molecule has 3 N–H and O–H groups in total. The summed E-state index contributed by atoms with van der Waals surface area (Å²) in [6.45, 7) is 4.61. The molecule has 1 fully saturated rings. The molecule has 7 heteroatoms. The summed E-state index contributed by atoms with van der Waals surface area (Å²) in [5.74, 6) is 0.627. The van der Waals surface area contributed by atoms with E-state index in [0.29, 0.717) is 22.4 Å². The average molecular weight is 365 g/mol. The standard InChI is InChI=1S/C17H21ClN4OS/c1-17(11-19)6-8-22(9-7-17)16-20-10-14(15(23)21-16)24-13-5-3-2-4-12(13)18/h2-5,10H,6-9,11,19H2,1H3,(H,20,21,23). The number of aromatic nitrogens is 2. The van der Waals surface area contributed by atoms with Gasteiger partial charge in [0.15, 0.2) is 0 Å². The maximum Gasteiger partial charge on any atom is 0.266 e. The van der Waals surface area contributed by atoms with Gasteiger partial charge in [-0.25, -0.2) is 4.98 Å². The van der Waals surface area contributed by atoms with E-state index in [1.54, 1.807) is 6.20 Å². The molecule has 0 spiro atoms. The van der Waals surface area contributed by atoms with Gasteiger partial charge in [-0.3, -0.25) is 9.78 Å². The molecule has 128 valence electrons. The van der Waals surface area contributed by atoms with Gasteiger partial charge in [-0.1, -0.05) is 42.4 Å². The maximum absolute atomic E-state index is 12.4. The molecule has 0 aliphatic carbocycles. The lowest BCUT2D eigenvalue weighted by Crippen LogP contribution is -2.43. The first-order valence-electron chi connectivity index (χ1n) is 7.97. The second-order valence-electron chi connectivity index (χ2n) is 6.43. The predicted molar refractivity (Wildman–Crippen MR) is 99.0 cm³/mol. The Bertz CT molecular complexity index is 771. The van der Waals surface area contributed by atoms with Crippen LogP contribution in [0.2, 0.25) is 5.02 Å². The summed E-state index contributed by atoms with van der Waals surface area (Å²) >= 11 is 7.47. The summed E-state index contributed by atoms with van der Waals surface area (Å²) in [7, 11) is 0. The number of anilines is 1. The Morgan fingerprint density at radius 3 is 2.67 bits per heavy atom. The zero-order chi connectivity index (χ0) is 17.2. The van der Waals surface area contributed by atoms with Crippen LogP contribution in [0.15, 0.2) is 45.0 Å². The average Bonchev–Trinajstić information content (AvgIpc) is 2.59. The minimum atomic E-state index is -0.142. The highest BCUT2D eigenvalue weighted by molar-refractivity contribution is 7.99. The summed E-state index contributed by atoms with van der Waals surface area (Å²) in [5.41, 5.74) is 5.90. The van der Waals surface area contributed by atoms with E-state index in [9.17, 15) is 4.79 Å². The Morgan fingerprint density at radius 2 is 2.04 bits per heavy atom. The lowest BCUT2D eigenvalue weighted by atomic mass is 9.81. The van der Waals surface area contributed by atoms with Crippen LogP contribution in [0.1, 0.15) is 19.8 Å². The monoisotopic (exact) mass is 364 g/mol. The van der Waals surface area contributed by atoms with Crippen molar-refractivity contribution in [2.24, 2.45) is 11.1 Å². The first-order chi connectivity index (χ1) is 11.5. The van der Waals surface area contributed by atoms with Crippen molar-refractivity contribution in [3.8, 4) is 0 Å². The molecule has 1 aliphatic heterocycles. The highest BCUT2D eigenvalue weighted by Crippen LogP contribution is 2.32. The third kappa shape index (κ3) is 3.77. The predicted octanol–water partition coefficient (Wildman–Crippen LogP) is 3.14. The molecule has 0 unspecified atom stereocenters. The van der Waals surface area contributed by atoms with E-state index >= 15 is 0 Å². The minimum Gasteiger partial charge on any atom is -0.342 e. The number of rotatable bonds is 4. The van der Waals surface area contributed by atoms with Crippen LogP contribution in [-0.4, -0.2) is 29.6 Å². The van der Waals surface area contributed by atoms with E-state index < -0.39 is 0 Å². The molecule has 1 aromatic heterocycles. The van der Waals surface area contributed by atoms with Crippen LogP contribution in [0, 0.1) is 5.41 Å². The molecule has 1 aromatic carbocycles. The zero-order valence-corrected chi connectivity index (χ0v) is 15.2. The van der Waals surface area contributed by atoms with Crippen LogP contribution in [-0.2, 0) is 0 Å². The SMILES string of the molecule is CC1(CN)CCN(c2ncc(Sc3ccccc3Cl)c(=O)[nH]2)CC1. The van der Waals surface area contributed by atoms with Gasteiger partial charge in [0.1, 0.15) is 0 Å². The van der Waals surface area contributed by atoms with Crippen molar-refractivity contribution in [3.63, 3.8) is 0 Å². The number of piperidine rings is 1. The number of H-pyrrole nitrogens is 1. The third-order valence-corrected chi connectivity index (χ3v) is 6.10. The molecule has 0 saturated carbocycles. The van der Waals surface area contributed by atoms with Gasteiger partial charge in [0.05, 0.1) is 16.1 Å². The molecule has 0 amide bonds. The topological polar surface area (TPSA) is 75.0 Å². The van der Waals surface area contributed by atoms with Crippen molar-refractivity contribution >= 4 is 29.3 Å². The highest BCUT2D eigenvalue weighted by atomic mass is 35.5. The van der Waals surface area contributed by atoms with Gasteiger partial charge in [-0.2, -0.15) is 0 Å². The Balaban J connectivity index is 1.74. The van der Waals surface area contributed by atoms with Crippen LogP contribution in [0.3, 0.4) is 0 Å². The minimum absolute atomic E-state index is 0.142. The van der Waals surface area contributed by atoms with E-state index in [-0.39, 0.29) is 11.0 Å². The first kappa shape index (κ1) is 17.3. The van der Waals surface area contributed by atoms with E-state index in [1.165, 1.54) is 11.8 Å². The fourth-order valence-electron chi connectivity index (χ4n) is 2.72. The Morgan fingerprint density at radius 1 is 1.33 bits per heavy atom. The van der Waals surface area contributed by atoms with Crippen molar-refractivity contribution < 1.29 is 0 Å². The number of hydrogen-bond acceptors (Lipinski definition) is 5.